The van der Waals surface area contributed by atoms with Gasteiger partial charge in [-0.25, -0.2) is 4.98 Å². The van der Waals surface area contributed by atoms with Gasteiger partial charge in [-0.05, 0) is 38.7 Å². The first kappa shape index (κ1) is 35.7. The zero-order chi connectivity index (χ0) is 35.2. The lowest BCUT2D eigenvalue weighted by Gasteiger charge is -2.35. The van der Waals surface area contributed by atoms with Gasteiger partial charge >= 0.3 is 0 Å². The first-order valence-electron chi connectivity index (χ1n) is 16.8. The van der Waals surface area contributed by atoms with Crippen LogP contribution in [0.4, 0.5) is 11.8 Å². The van der Waals surface area contributed by atoms with Crippen molar-refractivity contribution in [1.82, 2.24) is 20.2 Å². The SMILES string of the molecule is C1CC2=C1CC2.COc1cc2nc(N3CCNCC3C(C)=O)nc(NC(=O)C3CSCN3C(=O)CCSC(=O)c3ccccc3)c2cc1OC. The highest BCUT2D eigenvalue weighted by Gasteiger charge is 2.36. The van der Waals surface area contributed by atoms with Crippen molar-refractivity contribution in [3.05, 3.63) is 59.2 Å². The number of methoxy groups -OCH3 is 2. The molecule has 2 aliphatic heterocycles. The van der Waals surface area contributed by atoms with Gasteiger partial charge in [0.15, 0.2) is 17.3 Å². The third-order valence-electron chi connectivity index (χ3n) is 9.42. The number of thioether (sulfide) groups is 2. The zero-order valence-corrected chi connectivity index (χ0v) is 30.2. The van der Waals surface area contributed by atoms with Crippen molar-refractivity contribution in [3.63, 3.8) is 0 Å². The topological polar surface area (TPSA) is 143 Å². The Bertz CT molecular complexity index is 1780. The molecule has 2 fully saturated rings. The van der Waals surface area contributed by atoms with Crippen LogP contribution in [0.3, 0.4) is 0 Å². The number of carbonyl (C=O) groups excluding carboxylic acids is 4. The second kappa shape index (κ2) is 16.3. The van der Waals surface area contributed by atoms with Crippen molar-refractivity contribution in [2.75, 3.05) is 61.5 Å². The van der Waals surface area contributed by atoms with Crippen molar-refractivity contribution in [2.45, 2.75) is 51.1 Å². The highest BCUT2D eigenvalue weighted by molar-refractivity contribution is 8.14. The number of ketones is 1. The van der Waals surface area contributed by atoms with Crippen LogP contribution in [0.25, 0.3) is 10.9 Å². The fourth-order valence-corrected chi connectivity index (χ4v) is 8.26. The average molecular weight is 719 g/mol. The van der Waals surface area contributed by atoms with Crippen LogP contribution in [0.2, 0.25) is 0 Å². The van der Waals surface area contributed by atoms with Crippen LogP contribution in [0, 0.1) is 0 Å². The summed E-state index contributed by atoms with van der Waals surface area (Å²) in [4.78, 5) is 64.6. The molecule has 2 amide bonds. The van der Waals surface area contributed by atoms with E-state index in [0.717, 1.165) is 11.8 Å². The Morgan fingerprint density at radius 1 is 0.980 bits per heavy atom. The second-order valence-corrected chi connectivity index (χ2v) is 14.5. The first-order valence-corrected chi connectivity index (χ1v) is 18.9. The predicted octanol–water partition coefficient (Wildman–Crippen LogP) is 4.69. The molecule has 0 spiro atoms. The van der Waals surface area contributed by atoms with Crippen LogP contribution in [-0.4, -0.2) is 101 Å². The van der Waals surface area contributed by atoms with Crippen LogP contribution < -0.4 is 25.0 Å². The summed E-state index contributed by atoms with van der Waals surface area (Å²) in [7, 11) is 3.04. The van der Waals surface area contributed by atoms with E-state index in [9.17, 15) is 19.2 Å². The number of ether oxygens (including phenoxy) is 2. The molecule has 12 nitrogen and oxygen atoms in total. The van der Waals surface area contributed by atoms with E-state index in [0.29, 0.717) is 70.9 Å². The molecule has 0 bridgehead atoms. The largest absolute Gasteiger partial charge is 0.493 e. The number of hydrogen-bond acceptors (Lipinski definition) is 12. The van der Waals surface area contributed by atoms with Crippen LogP contribution in [0.15, 0.2) is 53.6 Å². The third kappa shape index (κ3) is 7.92. The van der Waals surface area contributed by atoms with Gasteiger partial charge < -0.3 is 29.9 Å². The summed E-state index contributed by atoms with van der Waals surface area (Å²) in [5, 5.41) is 6.59. The summed E-state index contributed by atoms with van der Waals surface area (Å²) >= 11 is 2.57. The van der Waals surface area contributed by atoms with Gasteiger partial charge in [-0.2, -0.15) is 4.98 Å². The number of amides is 2. The molecule has 4 aliphatic rings. The van der Waals surface area contributed by atoms with Crippen LogP contribution in [-0.2, 0) is 14.4 Å². The van der Waals surface area contributed by atoms with Crippen LogP contribution >= 0.6 is 23.5 Å². The van der Waals surface area contributed by atoms with Gasteiger partial charge in [0.1, 0.15) is 17.9 Å². The highest BCUT2D eigenvalue weighted by atomic mass is 32.2. The fourth-order valence-electron chi connectivity index (χ4n) is 6.32. The summed E-state index contributed by atoms with van der Waals surface area (Å²) in [5.74, 6) is 1.92. The maximum atomic E-state index is 13.7. The first-order chi connectivity index (χ1) is 24.3. The van der Waals surface area contributed by atoms with E-state index < -0.39 is 12.1 Å². The molecule has 3 aromatic rings. The molecular weight excluding hydrogens is 677 g/mol. The molecule has 2 saturated heterocycles. The maximum Gasteiger partial charge on any atom is 0.249 e. The van der Waals surface area contributed by atoms with Crippen molar-refractivity contribution in [3.8, 4) is 11.5 Å². The third-order valence-corrected chi connectivity index (χ3v) is 11.3. The van der Waals surface area contributed by atoms with E-state index >= 15 is 0 Å². The molecule has 0 saturated carbocycles. The smallest absolute Gasteiger partial charge is 0.249 e. The number of hydrogen-bond donors (Lipinski definition) is 2. The number of Topliss-reactive ketones (excluding diaryl/α,β-unsaturated/α-hetero) is 1. The van der Waals surface area contributed by atoms with Gasteiger partial charge in [0.05, 0.1) is 25.6 Å². The summed E-state index contributed by atoms with van der Waals surface area (Å²) in [5.41, 5.74) is 4.66. The Hall–Kier alpha value is -4.14. The minimum Gasteiger partial charge on any atom is -0.493 e. The monoisotopic (exact) mass is 718 g/mol. The molecule has 2 unspecified atom stereocenters. The van der Waals surface area contributed by atoms with E-state index in [1.165, 1.54) is 58.6 Å². The zero-order valence-electron chi connectivity index (χ0n) is 28.5. The number of rotatable bonds is 10. The Morgan fingerprint density at radius 2 is 1.68 bits per heavy atom. The van der Waals surface area contributed by atoms with Crippen molar-refractivity contribution in [1.29, 1.82) is 0 Å². The van der Waals surface area contributed by atoms with Gasteiger partial charge in [0, 0.05) is 54.6 Å². The molecule has 2 aromatic carbocycles. The maximum absolute atomic E-state index is 13.7. The number of benzene rings is 2. The normalized spacial score (nSPS) is 19.4. The summed E-state index contributed by atoms with van der Waals surface area (Å²) in [6, 6.07) is 11.1. The van der Waals surface area contributed by atoms with Gasteiger partial charge in [0.25, 0.3) is 0 Å². The lowest BCUT2D eigenvalue weighted by molar-refractivity contribution is -0.135. The molecule has 50 heavy (non-hydrogen) atoms. The van der Waals surface area contributed by atoms with Crippen molar-refractivity contribution in [2.24, 2.45) is 0 Å². The molecule has 3 heterocycles. The number of allylic oxidation sites excluding steroid dienone is 2. The van der Waals surface area contributed by atoms with E-state index in [1.54, 1.807) is 52.4 Å². The van der Waals surface area contributed by atoms with E-state index in [1.807, 2.05) is 11.0 Å². The minimum absolute atomic E-state index is 0.0282. The Kier molecular flexibility index (Phi) is 11.6. The summed E-state index contributed by atoms with van der Waals surface area (Å²) < 4.78 is 11.0. The number of nitrogens with one attached hydrogen (secondary N) is 2. The van der Waals surface area contributed by atoms with E-state index in [4.69, 9.17) is 19.4 Å². The number of nitrogens with zero attached hydrogens (tertiary/aromatic N) is 4. The Labute approximate surface area is 300 Å². The molecule has 2 atom stereocenters. The minimum atomic E-state index is -0.722. The summed E-state index contributed by atoms with van der Waals surface area (Å²) in [6.45, 7) is 3.13. The lowest BCUT2D eigenvalue weighted by atomic mass is 9.74. The Balaban J connectivity index is 0.000000641. The number of carbonyl (C=O) groups is 4. The quantitative estimate of drug-likeness (QED) is 0.281. The molecule has 7 rings (SSSR count). The van der Waals surface area contributed by atoms with Gasteiger partial charge in [0.2, 0.25) is 22.9 Å². The van der Waals surface area contributed by atoms with Crippen molar-refractivity contribution >= 4 is 68.9 Å². The number of aromatic nitrogens is 2. The van der Waals surface area contributed by atoms with Gasteiger partial charge in [-0.15, -0.1) is 11.8 Å². The number of fused-ring (bicyclic) bond motifs is 1. The molecule has 2 N–H and O–H groups in total. The fraction of sp³-hybridized carbons (Fsp3) is 0.444. The molecule has 2 aliphatic carbocycles. The van der Waals surface area contributed by atoms with Crippen molar-refractivity contribution < 1.29 is 28.7 Å². The molecule has 1 aromatic heterocycles. The molecule has 0 radical (unpaired) electrons. The molecule has 14 heteroatoms. The highest BCUT2D eigenvalue weighted by Crippen LogP contribution is 2.43. The van der Waals surface area contributed by atoms with E-state index in [2.05, 4.69) is 10.6 Å². The van der Waals surface area contributed by atoms with Gasteiger partial charge in [-0.1, -0.05) is 53.2 Å². The second-order valence-electron chi connectivity index (χ2n) is 12.4. The molecule has 264 valence electrons. The molecular formula is C36H42N6O6S2. The number of piperazine rings is 1. The summed E-state index contributed by atoms with van der Waals surface area (Å²) in [6.07, 6.45) is 5.88. The standard InChI is InChI=1S/C30H34N6O6S2.C6H8/c1-18(37)22-15-31-10-11-35(22)30-32-21-14-25(42-3)24(41-2)13-20(21)27(34-30)33-28(39)23-16-43-17-36(23)26(38)9-12-44-29(40)19-7-5-4-6-8-19;1-2-6-4-3-5(1)6/h4-8,13-14,22-23,31H,9-12,15-17H2,1-3H3,(H,32,33,34,39);1-4H2. The predicted molar refractivity (Wildman–Crippen MR) is 197 cm³/mol. The van der Waals surface area contributed by atoms with Crippen LogP contribution in [0.5, 0.6) is 11.5 Å². The van der Waals surface area contributed by atoms with E-state index in [-0.39, 0.29) is 35.0 Å². The Morgan fingerprint density at radius 3 is 2.32 bits per heavy atom. The number of anilines is 2. The van der Waals surface area contributed by atoms with Crippen LogP contribution in [0.1, 0.15) is 49.4 Å². The average Bonchev–Trinajstić information content (AvgIpc) is 3.63. The lowest BCUT2D eigenvalue weighted by Crippen LogP contribution is -2.55. The van der Waals surface area contributed by atoms with Gasteiger partial charge in [-0.3, -0.25) is 19.2 Å².